The van der Waals surface area contributed by atoms with Crippen molar-refractivity contribution in [3.8, 4) is 29.4 Å². The maximum absolute atomic E-state index is 13.4. The number of H-pyrrole nitrogens is 1. The molecule has 1 saturated heterocycles. The lowest BCUT2D eigenvalue weighted by Crippen LogP contribution is -2.38. The van der Waals surface area contributed by atoms with Crippen molar-refractivity contribution in [2.24, 2.45) is 4.99 Å². The van der Waals surface area contributed by atoms with Gasteiger partial charge in [-0.3, -0.25) is 9.78 Å². The molecule has 6 rings (SSSR count). The molecule has 0 saturated carbocycles. The fraction of sp³-hybridized carbons (Fsp3) is 0.341. The highest BCUT2D eigenvalue weighted by Gasteiger charge is 2.44. The molecule has 2 aromatic heterocycles. The van der Waals surface area contributed by atoms with Crippen LogP contribution in [0.5, 0.6) is 11.5 Å². The van der Waals surface area contributed by atoms with Crippen molar-refractivity contribution in [2.45, 2.75) is 43.8 Å². The molecule has 1 aliphatic heterocycles. The van der Waals surface area contributed by atoms with E-state index < -0.39 is 38.0 Å². The summed E-state index contributed by atoms with van der Waals surface area (Å²) in [4.78, 5) is 26.9. The van der Waals surface area contributed by atoms with Gasteiger partial charge in [0.25, 0.3) is 5.56 Å². The second-order valence-electron chi connectivity index (χ2n) is 13.0. The van der Waals surface area contributed by atoms with Gasteiger partial charge in [-0.1, -0.05) is 60.5 Å². The summed E-state index contributed by atoms with van der Waals surface area (Å²) < 4.78 is 39.1. The number of nitrogens with zero attached hydrogens (tertiary/aromatic N) is 6. The van der Waals surface area contributed by atoms with Crippen LogP contribution in [-0.2, 0) is 24.1 Å². The third kappa shape index (κ3) is 8.76. The number of rotatable bonds is 16. The molecule has 15 heteroatoms. The number of aromatic nitrogens is 4. The highest BCUT2D eigenvalue weighted by atomic mass is 31.2. The van der Waals surface area contributed by atoms with Crippen LogP contribution >= 0.6 is 8.38 Å². The molecule has 1 fully saturated rings. The van der Waals surface area contributed by atoms with E-state index in [1.54, 1.807) is 37.1 Å². The molecule has 2 unspecified atom stereocenters. The summed E-state index contributed by atoms with van der Waals surface area (Å²) in [5.74, 6) is 7.30. The van der Waals surface area contributed by atoms with Crippen LogP contribution < -0.4 is 15.0 Å². The highest BCUT2D eigenvalue weighted by molar-refractivity contribution is 7.46. The summed E-state index contributed by atoms with van der Waals surface area (Å²) in [6, 6.07) is 27.6. The molecule has 1 aliphatic rings. The Balaban J connectivity index is 1.43. The molecular weight excluding hydrogens is 733 g/mol. The van der Waals surface area contributed by atoms with Crippen LogP contribution in [-0.4, -0.2) is 91.4 Å². The number of benzene rings is 3. The van der Waals surface area contributed by atoms with E-state index in [2.05, 4.69) is 32.9 Å². The Morgan fingerprint density at radius 3 is 2.27 bits per heavy atom. The minimum absolute atomic E-state index is 0.0582. The predicted octanol–water partition coefficient (Wildman–Crippen LogP) is 6.28. The number of nitrogens with one attached hydrogen (secondary N) is 1. The minimum atomic E-state index is -1.42. The maximum Gasteiger partial charge on any atom is 0.264 e. The number of nitriles is 1. The zero-order chi connectivity index (χ0) is 39.7. The van der Waals surface area contributed by atoms with Gasteiger partial charge >= 0.3 is 0 Å². The maximum atomic E-state index is 13.4. The average Bonchev–Trinajstić information content (AvgIpc) is 3.79. The lowest BCUT2D eigenvalue weighted by molar-refractivity contribution is -0.0922. The molecule has 0 spiro atoms. The van der Waals surface area contributed by atoms with Crippen LogP contribution in [0, 0.1) is 23.2 Å². The van der Waals surface area contributed by atoms with Gasteiger partial charge in [0.15, 0.2) is 25.9 Å². The van der Waals surface area contributed by atoms with Crippen molar-refractivity contribution >= 4 is 31.7 Å². The normalized spacial score (nSPS) is 17.3. The van der Waals surface area contributed by atoms with Gasteiger partial charge in [0, 0.05) is 27.2 Å². The lowest BCUT2D eigenvalue weighted by Gasteiger charge is -2.37. The number of aliphatic imine (C=N–C) groups is 1. The molecule has 0 bridgehead atoms. The van der Waals surface area contributed by atoms with Crippen LogP contribution in [0.3, 0.4) is 0 Å². The molecule has 0 radical (unpaired) electrons. The van der Waals surface area contributed by atoms with E-state index in [0.29, 0.717) is 17.9 Å². The summed E-state index contributed by atoms with van der Waals surface area (Å²) in [5.41, 5.74) is 1.58. The van der Waals surface area contributed by atoms with Gasteiger partial charge in [-0.25, -0.2) is 9.67 Å². The monoisotopic (exact) mass is 777 g/mol. The number of fused-ring (bicyclic) bond motifs is 1. The van der Waals surface area contributed by atoms with Crippen molar-refractivity contribution in [3.05, 3.63) is 112 Å². The van der Waals surface area contributed by atoms with Gasteiger partial charge in [-0.05, 0) is 53.8 Å². The van der Waals surface area contributed by atoms with Crippen LogP contribution in [0.15, 0.2) is 88.6 Å². The van der Waals surface area contributed by atoms with Gasteiger partial charge in [0.05, 0.1) is 52.4 Å². The van der Waals surface area contributed by atoms with Crippen molar-refractivity contribution < 1.29 is 28.0 Å². The number of hydrogen-bond donors (Lipinski definition) is 1. The van der Waals surface area contributed by atoms with Gasteiger partial charge in [-0.2, -0.15) is 15.3 Å². The third-order valence-electron chi connectivity index (χ3n) is 9.07. The molecular formula is C41H44N7O7P. The summed E-state index contributed by atoms with van der Waals surface area (Å²) in [6.07, 6.45) is 0.144. The van der Waals surface area contributed by atoms with E-state index in [9.17, 15) is 4.79 Å². The molecule has 4 atom stereocenters. The molecule has 0 aliphatic carbocycles. The molecule has 290 valence electrons. The third-order valence-corrected chi connectivity index (χ3v) is 10.2. The molecule has 14 nitrogen and oxygen atoms in total. The fourth-order valence-corrected chi connectivity index (χ4v) is 7.52. The number of hydrogen-bond acceptors (Lipinski definition) is 11. The van der Waals surface area contributed by atoms with E-state index in [1.807, 2.05) is 99.6 Å². The van der Waals surface area contributed by atoms with E-state index in [4.69, 9.17) is 38.4 Å². The first-order chi connectivity index (χ1) is 27.2. The molecule has 5 aromatic rings. The summed E-state index contributed by atoms with van der Waals surface area (Å²) in [7, 11) is 5.47. The summed E-state index contributed by atoms with van der Waals surface area (Å²) in [5, 5.41) is 14.1. The van der Waals surface area contributed by atoms with Crippen molar-refractivity contribution in [1.29, 1.82) is 5.26 Å². The molecule has 3 aromatic carbocycles. The summed E-state index contributed by atoms with van der Waals surface area (Å²) >= 11 is 0. The van der Waals surface area contributed by atoms with Crippen LogP contribution in [0.2, 0.25) is 0 Å². The SMILES string of the molecule is CC#Cc1nn([C@H]2CC(OP(C)OCCC#N)[C@@H](COC(c3ccccc3)(c3ccc(OC)cc3)c3ccc(OC)cc3)O2)c2nc(N=CN(C)C)[nH]c(=O)c12. The van der Waals surface area contributed by atoms with Gasteiger partial charge in [-0.15, -0.1) is 0 Å². The Morgan fingerprint density at radius 1 is 1.04 bits per heavy atom. The van der Waals surface area contributed by atoms with E-state index >= 15 is 0 Å². The van der Waals surface area contributed by atoms with Gasteiger partial charge in [0.1, 0.15) is 28.6 Å². The Hall–Kier alpha value is -5.60. The topological polar surface area (TPSA) is 158 Å². The Morgan fingerprint density at radius 2 is 1.68 bits per heavy atom. The minimum Gasteiger partial charge on any atom is -0.497 e. The average molecular weight is 778 g/mol. The molecule has 3 heterocycles. The van der Waals surface area contributed by atoms with Gasteiger partial charge < -0.3 is 32.9 Å². The van der Waals surface area contributed by atoms with Crippen LogP contribution in [0.4, 0.5) is 5.95 Å². The first-order valence-corrected chi connectivity index (χ1v) is 19.5. The largest absolute Gasteiger partial charge is 0.497 e. The van der Waals surface area contributed by atoms with E-state index in [1.165, 1.54) is 0 Å². The van der Waals surface area contributed by atoms with E-state index in [0.717, 1.165) is 16.7 Å². The molecule has 1 N–H and O–H groups in total. The Kier molecular flexibility index (Phi) is 13.1. The van der Waals surface area contributed by atoms with Crippen molar-refractivity contribution in [1.82, 2.24) is 24.6 Å². The standard InChI is InChI=1S/C41H44N7O7P/c1-7-12-33-37-38(44-40(45-39(37)49)43-27-47(2)3)48(46-33)36-25-34(55-56(6)53-24-11-23-42)35(54-36)26-52-41(28-13-9-8-10-14-28,29-15-19-31(50-4)20-16-29)30-17-21-32(51-5)22-18-30/h8-10,13-22,27,34-36H,11,24-26H2,1-6H3,(H,44,45,49)/t34?,35-,36-,56?/m1/s1. The highest BCUT2D eigenvalue weighted by Crippen LogP contribution is 2.45. The quantitative estimate of drug-likeness (QED) is 0.0300. The van der Waals surface area contributed by atoms with Crippen molar-refractivity contribution in [2.75, 3.05) is 48.2 Å². The predicted molar refractivity (Wildman–Crippen MR) is 213 cm³/mol. The van der Waals surface area contributed by atoms with E-state index in [-0.39, 0.29) is 42.3 Å². The Bertz CT molecular complexity index is 2230. The van der Waals surface area contributed by atoms with Crippen LogP contribution in [0.25, 0.3) is 11.0 Å². The lowest BCUT2D eigenvalue weighted by atomic mass is 9.80. The number of ether oxygens (including phenoxy) is 4. The second kappa shape index (κ2) is 18.4. The van der Waals surface area contributed by atoms with Crippen LogP contribution in [0.1, 0.15) is 48.4 Å². The fourth-order valence-electron chi connectivity index (χ4n) is 6.50. The smallest absolute Gasteiger partial charge is 0.264 e. The zero-order valence-electron chi connectivity index (χ0n) is 32.1. The molecule has 56 heavy (non-hydrogen) atoms. The number of aromatic amines is 1. The molecule has 0 amide bonds. The zero-order valence-corrected chi connectivity index (χ0v) is 33.0. The summed E-state index contributed by atoms with van der Waals surface area (Å²) in [6.45, 7) is 3.80. The second-order valence-corrected chi connectivity index (χ2v) is 14.3. The van der Waals surface area contributed by atoms with Gasteiger partial charge in [0.2, 0.25) is 5.95 Å². The Labute approximate surface area is 326 Å². The first kappa shape index (κ1) is 40.1. The number of methoxy groups -OCH3 is 2. The van der Waals surface area contributed by atoms with Crippen molar-refractivity contribution in [3.63, 3.8) is 0 Å². The first-order valence-electron chi connectivity index (χ1n) is 17.9.